The van der Waals surface area contributed by atoms with Crippen molar-refractivity contribution in [1.82, 2.24) is 10.2 Å². The molecule has 0 aliphatic carbocycles. The van der Waals surface area contributed by atoms with Crippen LogP contribution in [0.25, 0.3) is 0 Å². The molecule has 1 aliphatic heterocycles. The maximum Gasteiger partial charge on any atom is 0.116 e. The molecule has 1 aromatic rings. The molecule has 0 amide bonds. The number of nitrogens with one attached hydrogen (secondary N) is 1. The topological polar surface area (TPSA) is 35.5 Å². The summed E-state index contributed by atoms with van der Waals surface area (Å²) in [5, 5.41) is 12.8. The Morgan fingerprint density at radius 3 is 2.33 bits per heavy atom. The number of hydrogen-bond donors (Lipinski definition) is 2. The van der Waals surface area contributed by atoms with Gasteiger partial charge in [-0.15, -0.1) is 0 Å². The van der Waals surface area contributed by atoms with Gasteiger partial charge in [0.15, 0.2) is 0 Å². The van der Waals surface area contributed by atoms with Crippen LogP contribution in [-0.4, -0.2) is 42.9 Å². The molecule has 0 aromatic heterocycles. The highest BCUT2D eigenvalue weighted by atomic mass is 19.1. The van der Waals surface area contributed by atoms with E-state index in [9.17, 15) is 9.50 Å². The van der Waals surface area contributed by atoms with E-state index in [1.807, 2.05) is 13.8 Å². The number of hydrogen-bond acceptors (Lipinski definition) is 3. The molecular weight excluding hydrogens is 231 g/mol. The van der Waals surface area contributed by atoms with E-state index in [2.05, 4.69) is 10.2 Å². The third-order valence-corrected chi connectivity index (χ3v) is 3.65. The van der Waals surface area contributed by atoms with Crippen molar-refractivity contribution >= 4 is 0 Å². The van der Waals surface area contributed by atoms with Crippen molar-refractivity contribution in [3.8, 4) is 5.75 Å². The zero-order valence-electron chi connectivity index (χ0n) is 11.0. The molecule has 1 fully saturated rings. The van der Waals surface area contributed by atoms with Crippen LogP contribution in [0, 0.1) is 13.8 Å². The highest BCUT2D eigenvalue weighted by molar-refractivity contribution is 5.42. The summed E-state index contributed by atoms with van der Waals surface area (Å²) in [5.74, 6) is 0.256. The second kappa shape index (κ2) is 5.67. The Kier molecular flexibility index (Phi) is 4.19. The van der Waals surface area contributed by atoms with E-state index in [0.717, 1.165) is 42.9 Å². The van der Waals surface area contributed by atoms with Gasteiger partial charge in [0.25, 0.3) is 0 Å². The van der Waals surface area contributed by atoms with Crippen molar-refractivity contribution in [2.45, 2.75) is 19.9 Å². The largest absolute Gasteiger partial charge is 0.508 e. The van der Waals surface area contributed by atoms with Gasteiger partial charge in [-0.05, 0) is 42.7 Å². The summed E-state index contributed by atoms with van der Waals surface area (Å²) in [7, 11) is 0. The summed E-state index contributed by atoms with van der Waals surface area (Å²) in [6.45, 7) is 7.05. The monoisotopic (exact) mass is 252 g/mol. The van der Waals surface area contributed by atoms with Crippen LogP contribution in [0.15, 0.2) is 12.1 Å². The SMILES string of the molecule is Cc1cc(O)cc(C)c1[C@H](CF)N1CCNCC1. The predicted molar refractivity (Wildman–Crippen MR) is 70.7 cm³/mol. The van der Waals surface area contributed by atoms with Crippen LogP contribution in [0.4, 0.5) is 4.39 Å². The Morgan fingerprint density at radius 1 is 1.28 bits per heavy atom. The van der Waals surface area contributed by atoms with E-state index < -0.39 is 0 Å². The van der Waals surface area contributed by atoms with Gasteiger partial charge in [0, 0.05) is 26.2 Å². The van der Waals surface area contributed by atoms with Crippen LogP contribution in [0.2, 0.25) is 0 Å². The van der Waals surface area contributed by atoms with Crippen molar-refractivity contribution in [3.63, 3.8) is 0 Å². The Hall–Kier alpha value is -1.13. The molecule has 0 bridgehead atoms. The van der Waals surface area contributed by atoms with Crippen LogP contribution in [-0.2, 0) is 0 Å². The van der Waals surface area contributed by atoms with E-state index >= 15 is 0 Å². The van der Waals surface area contributed by atoms with Gasteiger partial charge in [0.2, 0.25) is 0 Å². The Labute approximate surface area is 108 Å². The van der Waals surface area contributed by atoms with Crippen LogP contribution in [0.3, 0.4) is 0 Å². The lowest BCUT2D eigenvalue weighted by atomic mass is 9.95. The molecule has 0 spiro atoms. The van der Waals surface area contributed by atoms with E-state index in [0.29, 0.717) is 0 Å². The summed E-state index contributed by atoms with van der Waals surface area (Å²) in [5.41, 5.74) is 2.96. The smallest absolute Gasteiger partial charge is 0.116 e. The highest BCUT2D eigenvalue weighted by Gasteiger charge is 2.25. The first-order valence-corrected chi connectivity index (χ1v) is 6.44. The van der Waals surface area contributed by atoms with E-state index in [1.54, 1.807) is 12.1 Å². The molecule has 0 saturated carbocycles. The average Bonchev–Trinajstić information content (AvgIpc) is 2.34. The van der Waals surface area contributed by atoms with Crippen molar-refractivity contribution in [2.24, 2.45) is 0 Å². The Bertz CT molecular complexity index is 393. The van der Waals surface area contributed by atoms with Crippen LogP contribution >= 0.6 is 0 Å². The molecule has 1 heterocycles. The molecule has 1 saturated heterocycles. The molecule has 0 radical (unpaired) electrons. The third kappa shape index (κ3) is 2.65. The van der Waals surface area contributed by atoms with Crippen molar-refractivity contribution in [3.05, 3.63) is 28.8 Å². The molecule has 1 atom stereocenters. The molecule has 4 heteroatoms. The van der Waals surface area contributed by atoms with E-state index in [4.69, 9.17) is 0 Å². The fraction of sp³-hybridized carbons (Fsp3) is 0.571. The number of rotatable bonds is 3. The van der Waals surface area contributed by atoms with E-state index in [1.165, 1.54) is 0 Å². The van der Waals surface area contributed by atoms with Gasteiger partial charge >= 0.3 is 0 Å². The molecule has 1 aliphatic rings. The maximum absolute atomic E-state index is 13.5. The summed E-state index contributed by atoms with van der Waals surface area (Å²) in [4.78, 5) is 2.18. The number of aryl methyl sites for hydroxylation is 2. The molecule has 0 unspecified atom stereocenters. The summed E-state index contributed by atoms with van der Waals surface area (Å²) >= 11 is 0. The average molecular weight is 252 g/mol. The molecule has 2 N–H and O–H groups in total. The van der Waals surface area contributed by atoms with E-state index in [-0.39, 0.29) is 18.5 Å². The van der Waals surface area contributed by atoms with Gasteiger partial charge in [0.05, 0.1) is 6.04 Å². The molecule has 2 rings (SSSR count). The number of phenols is 1. The van der Waals surface area contributed by atoms with Gasteiger partial charge in [0.1, 0.15) is 12.4 Å². The third-order valence-electron chi connectivity index (χ3n) is 3.65. The van der Waals surface area contributed by atoms with Crippen molar-refractivity contribution in [2.75, 3.05) is 32.9 Å². The lowest BCUT2D eigenvalue weighted by Gasteiger charge is -2.35. The minimum atomic E-state index is -0.382. The second-order valence-electron chi connectivity index (χ2n) is 4.95. The molecule has 3 nitrogen and oxygen atoms in total. The number of phenolic OH excluding ortho intramolecular Hbond substituents is 1. The van der Waals surface area contributed by atoms with Crippen molar-refractivity contribution in [1.29, 1.82) is 0 Å². The summed E-state index contributed by atoms with van der Waals surface area (Å²) in [6.07, 6.45) is 0. The number of halogens is 1. The maximum atomic E-state index is 13.5. The van der Waals surface area contributed by atoms with Crippen LogP contribution in [0.5, 0.6) is 5.75 Å². The minimum Gasteiger partial charge on any atom is -0.508 e. The van der Waals surface area contributed by atoms with Crippen LogP contribution < -0.4 is 5.32 Å². The normalized spacial score (nSPS) is 18.8. The number of piperazine rings is 1. The Morgan fingerprint density at radius 2 is 1.83 bits per heavy atom. The van der Waals surface area contributed by atoms with Gasteiger partial charge < -0.3 is 10.4 Å². The Balaban J connectivity index is 2.32. The van der Waals surface area contributed by atoms with Crippen molar-refractivity contribution < 1.29 is 9.50 Å². The molecule has 18 heavy (non-hydrogen) atoms. The van der Waals surface area contributed by atoms with Gasteiger partial charge in [-0.1, -0.05) is 0 Å². The number of benzene rings is 1. The predicted octanol–water partition coefficient (Wildman–Crippen LogP) is 1.92. The quantitative estimate of drug-likeness (QED) is 0.863. The minimum absolute atomic E-state index is 0.187. The fourth-order valence-corrected chi connectivity index (χ4v) is 2.83. The second-order valence-corrected chi connectivity index (χ2v) is 4.95. The first kappa shape index (κ1) is 13.3. The number of alkyl halides is 1. The summed E-state index contributed by atoms with van der Waals surface area (Å²) in [6, 6.07) is 3.24. The lowest BCUT2D eigenvalue weighted by Crippen LogP contribution is -2.46. The first-order chi connectivity index (χ1) is 8.63. The number of aromatic hydroxyl groups is 1. The van der Waals surface area contributed by atoms with Gasteiger partial charge in [-0.2, -0.15) is 0 Å². The molecular formula is C14H21FN2O. The zero-order chi connectivity index (χ0) is 13.1. The molecule has 100 valence electrons. The fourth-order valence-electron chi connectivity index (χ4n) is 2.83. The first-order valence-electron chi connectivity index (χ1n) is 6.44. The van der Waals surface area contributed by atoms with Gasteiger partial charge in [-0.3, -0.25) is 4.90 Å². The standard InChI is InChI=1S/C14H21FN2O/c1-10-7-12(18)8-11(2)14(10)13(9-15)17-5-3-16-4-6-17/h7-8,13,16,18H,3-6,9H2,1-2H3/t13-/m0/s1. The van der Waals surface area contributed by atoms with Crippen LogP contribution in [0.1, 0.15) is 22.7 Å². The summed E-state index contributed by atoms with van der Waals surface area (Å²) < 4.78 is 13.5. The number of nitrogens with zero attached hydrogens (tertiary/aromatic N) is 1. The lowest BCUT2D eigenvalue weighted by molar-refractivity contribution is 0.146. The zero-order valence-corrected chi connectivity index (χ0v) is 11.0. The molecule has 1 aromatic carbocycles. The van der Waals surface area contributed by atoms with Gasteiger partial charge in [-0.25, -0.2) is 4.39 Å². The highest BCUT2D eigenvalue weighted by Crippen LogP contribution is 2.30.